The second-order valence-electron chi connectivity index (χ2n) is 4.49. The van der Waals surface area contributed by atoms with Crippen molar-refractivity contribution in [1.82, 2.24) is 15.0 Å². The lowest BCUT2D eigenvalue weighted by atomic mass is 10.2. The van der Waals surface area contributed by atoms with Gasteiger partial charge >= 0.3 is 0 Å². The third-order valence-corrected chi connectivity index (χ3v) is 3.61. The van der Waals surface area contributed by atoms with Crippen LogP contribution in [0.3, 0.4) is 0 Å². The van der Waals surface area contributed by atoms with Crippen LogP contribution in [0.1, 0.15) is 6.42 Å². The normalized spacial score (nSPS) is 18.6. The maximum Gasteiger partial charge on any atom is 0.237 e. The van der Waals surface area contributed by atoms with Gasteiger partial charge in [-0.3, -0.25) is 9.69 Å². The molecule has 1 aliphatic rings. The van der Waals surface area contributed by atoms with Crippen LogP contribution in [0.5, 0.6) is 0 Å². The molecule has 102 valence electrons. The summed E-state index contributed by atoms with van der Waals surface area (Å²) in [4.78, 5) is 26.1. The summed E-state index contributed by atoms with van der Waals surface area (Å²) < 4.78 is 0. The predicted molar refractivity (Wildman–Crippen MR) is 79.4 cm³/mol. The van der Waals surface area contributed by atoms with Crippen molar-refractivity contribution < 1.29 is 4.79 Å². The van der Waals surface area contributed by atoms with Gasteiger partial charge in [-0.05, 0) is 0 Å². The van der Waals surface area contributed by atoms with E-state index in [1.807, 2.05) is 30.3 Å². The zero-order valence-electron chi connectivity index (χ0n) is 10.5. The van der Waals surface area contributed by atoms with Gasteiger partial charge in [0.25, 0.3) is 0 Å². The van der Waals surface area contributed by atoms with Crippen molar-refractivity contribution in [2.45, 2.75) is 11.2 Å². The van der Waals surface area contributed by atoms with Gasteiger partial charge in [0.15, 0.2) is 5.82 Å². The Labute approximate surface area is 124 Å². The number of alkyl halides is 1. The van der Waals surface area contributed by atoms with Crippen molar-refractivity contribution in [2.75, 3.05) is 17.2 Å². The first-order valence-electron chi connectivity index (χ1n) is 6.15. The van der Waals surface area contributed by atoms with E-state index in [2.05, 4.69) is 30.9 Å². The monoisotopic (exact) mass is 333 g/mol. The summed E-state index contributed by atoms with van der Waals surface area (Å²) >= 11 is 3.43. The number of aromatic nitrogens is 3. The number of nitrogens with zero attached hydrogens (tertiary/aromatic N) is 4. The number of anilines is 2. The number of benzene rings is 1. The van der Waals surface area contributed by atoms with Crippen LogP contribution in [-0.4, -0.2) is 32.2 Å². The van der Waals surface area contributed by atoms with Crippen molar-refractivity contribution in [1.29, 1.82) is 0 Å². The van der Waals surface area contributed by atoms with Crippen molar-refractivity contribution in [3.63, 3.8) is 0 Å². The number of nitrogen functional groups attached to an aromatic ring is 1. The molecule has 0 spiro atoms. The third kappa shape index (κ3) is 2.49. The first-order chi connectivity index (χ1) is 9.63. The number of rotatable bonds is 2. The Balaban J connectivity index is 2.01. The molecular formula is C13H12BrN5O. The molecular weight excluding hydrogens is 322 g/mol. The Morgan fingerprint density at radius 3 is 2.60 bits per heavy atom. The molecule has 1 amide bonds. The van der Waals surface area contributed by atoms with E-state index in [4.69, 9.17) is 5.73 Å². The van der Waals surface area contributed by atoms with E-state index in [0.29, 0.717) is 24.7 Å². The fourth-order valence-electron chi connectivity index (χ4n) is 2.08. The molecule has 2 aromatic rings. The molecule has 2 heterocycles. The predicted octanol–water partition coefficient (Wildman–Crippen LogP) is 1.62. The zero-order chi connectivity index (χ0) is 14.1. The average molecular weight is 334 g/mol. The number of amides is 1. The number of hydrogen-bond acceptors (Lipinski definition) is 5. The van der Waals surface area contributed by atoms with Crippen molar-refractivity contribution in [2.24, 2.45) is 0 Å². The van der Waals surface area contributed by atoms with Crippen LogP contribution in [-0.2, 0) is 4.79 Å². The van der Waals surface area contributed by atoms with Crippen molar-refractivity contribution >= 4 is 33.7 Å². The standard InChI is InChI=1S/C13H12BrN5O/c14-9-6-10(20)19(7-9)13-17-11(16-12(15)18-13)8-4-2-1-3-5-8/h1-5,9H,6-7H2,(H2,15,16,17,18). The molecule has 0 bridgehead atoms. The van der Waals surface area contributed by atoms with Gasteiger partial charge in [-0.2, -0.15) is 15.0 Å². The zero-order valence-corrected chi connectivity index (χ0v) is 12.1. The molecule has 3 rings (SSSR count). The highest BCUT2D eigenvalue weighted by Gasteiger charge is 2.31. The Morgan fingerprint density at radius 2 is 1.95 bits per heavy atom. The van der Waals surface area contributed by atoms with Gasteiger partial charge in [0.1, 0.15) is 0 Å². The lowest BCUT2D eigenvalue weighted by Gasteiger charge is -2.14. The summed E-state index contributed by atoms with van der Waals surface area (Å²) in [6, 6.07) is 9.47. The van der Waals surface area contributed by atoms with Crippen molar-refractivity contribution in [3.8, 4) is 11.4 Å². The van der Waals surface area contributed by atoms with Crippen LogP contribution in [0.2, 0.25) is 0 Å². The molecule has 6 nitrogen and oxygen atoms in total. The number of nitrogens with two attached hydrogens (primary N) is 1. The van der Waals surface area contributed by atoms with E-state index < -0.39 is 0 Å². The molecule has 0 radical (unpaired) electrons. The molecule has 1 aliphatic heterocycles. The second kappa shape index (κ2) is 5.16. The maximum absolute atomic E-state index is 11.9. The summed E-state index contributed by atoms with van der Waals surface area (Å²) in [6.07, 6.45) is 0.437. The number of carbonyl (C=O) groups excluding carboxylic acids is 1. The Morgan fingerprint density at radius 1 is 1.20 bits per heavy atom. The van der Waals surface area contributed by atoms with E-state index in [-0.39, 0.29) is 16.7 Å². The van der Waals surface area contributed by atoms with Gasteiger partial charge in [-0.25, -0.2) is 0 Å². The highest BCUT2D eigenvalue weighted by Crippen LogP contribution is 2.24. The molecule has 1 unspecified atom stereocenters. The minimum absolute atomic E-state index is 0.0171. The molecule has 1 aromatic carbocycles. The molecule has 7 heteroatoms. The fourth-order valence-corrected chi connectivity index (χ4v) is 2.64. The average Bonchev–Trinajstić information content (AvgIpc) is 2.78. The maximum atomic E-state index is 11.9. The summed E-state index contributed by atoms with van der Waals surface area (Å²) in [6.45, 7) is 0.538. The van der Waals surface area contributed by atoms with Gasteiger partial charge < -0.3 is 5.73 Å². The van der Waals surface area contributed by atoms with Gasteiger partial charge in [0.2, 0.25) is 17.8 Å². The smallest absolute Gasteiger partial charge is 0.237 e. The topological polar surface area (TPSA) is 85.0 Å². The lowest BCUT2D eigenvalue weighted by Crippen LogP contribution is -2.27. The second-order valence-corrected chi connectivity index (χ2v) is 5.78. The summed E-state index contributed by atoms with van der Waals surface area (Å²) in [5.41, 5.74) is 6.57. The lowest BCUT2D eigenvalue weighted by molar-refractivity contribution is -0.117. The Kier molecular flexibility index (Phi) is 3.35. The van der Waals surface area contributed by atoms with Crippen molar-refractivity contribution in [3.05, 3.63) is 30.3 Å². The fraction of sp³-hybridized carbons (Fsp3) is 0.231. The van der Waals surface area contributed by atoms with Crippen LogP contribution in [0.15, 0.2) is 30.3 Å². The first-order valence-corrected chi connectivity index (χ1v) is 7.06. The molecule has 1 atom stereocenters. The number of carbonyl (C=O) groups is 1. The Bertz CT molecular complexity index is 648. The largest absolute Gasteiger partial charge is 0.368 e. The number of hydrogen-bond donors (Lipinski definition) is 1. The quantitative estimate of drug-likeness (QED) is 0.844. The minimum Gasteiger partial charge on any atom is -0.368 e. The molecule has 0 saturated carbocycles. The number of halogens is 1. The molecule has 0 aliphatic carbocycles. The van der Waals surface area contributed by atoms with Crippen LogP contribution in [0.25, 0.3) is 11.4 Å². The van der Waals surface area contributed by atoms with Gasteiger partial charge in [0, 0.05) is 23.4 Å². The van der Waals surface area contributed by atoms with E-state index in [1.165, 1.54) is 4.90 Å². The molecule has 1 aromatic heterocycles. The molecule has 1 saturated heterocycles. The van der Waals surface area contributed by atoms with E-state index >= 15 is 0 Å². The van der Waals surface area contributed by atoms with E-state index in [1.54, 1.807) is 0 Å². The van der Waals surface area contributed by atoms with E-state index in [9.17, 15) is 4.79 Å². The first kappa shape index (κ1) is 13.0. The summed E-state index contributed by atoms with van der Waals surface area (Å²) in [5, 5.41) is 0. The van der Waals surface area contributed by atoms with E-state index in [0.717, 1.165) is 5.56 Å². The third-order valence-electron chi connectivity index (χ3n) is 2.99. The highest BCUT2D eigenvalue weighted by atomic mass is 79.9. The molecule has 1 fully saturated rings. The van der Waals surface area contributed by atoms with Crippen LogP contribution in [0, 0.1) is 0 Å². The molecule has 2 N–H and O–H groups in total. The summed E-state index contributed by atoms with van der Waals surface area (Å²) in [7, 11) is 0. The van der Waals surface area contributed by atoms with Crippen LogP contribution in [0.4, 0.5) is 11.9 Å². The summed E-state index contributed by atoms with van der Waals surface area (Å²) in [5.74, 6) is 0.874. The van der Waals surface area contributed by atoms with Gasteiger partial charge in [-0.15, -0.1) is 0 Å². The Hall–Kier alpha value is -2.02. The van der Waals surface area contributed by atoms with Crippen LogP contribution < -0.4 is 10.6 Å². The van der Waals surface area contributed by atoms with Crippen LogP contribution >= 0.6 is 15.9 Å². The minimum atomic E-state index is -0.0171. The highest BCUT2D eigenvalue weighted by molar-refractivity contribution is 9.09. The van der Waals surface area contributed by atoms with Gasteiger partial charge in [-0.1, -0.05) is 46.3 Å². The molecule has 20 heavy (non-hydrogen) atoms. The SMILES string of the molecule is Nc1nc(-c2ccccc2)nc(N2CC(Br)CC2=O)n1. The van der Waals surface area contributed by atoms with Gasteiger partial charge in [0.05, 0.1) is 0 Å².